The second kappa shape index (κ2) is 2.98. The molecule has 0 radical (unpaired) electrons. The minimum absolute atomic E-state index is 0.547. The monoisotopic (exact) mass is 154 g/mol. The molecule has 1 aliphatic rings. The van der Waals surface area contributed by atoms with Crippen LogP contribution in [0.1, 0.15) is 33.1 Å². The van der Waals surface area contributed by atoms with Crippen molar-refractivity contribution in [3.63, 3.8) is 0 Å². The van der Waals surface area contributed by atoms with Gasteiger partial charge in [-0.1, -0.05) is 19.9 Å². The Morgan fingerprint density at radius 2 is 2.27 bits per heavy atom. The molecule has 1 saturated carbocycles. The third-order valence-electron chi connectivity index (χ3n) is 2.89. The molecule has 1 rings (SSSR count). The van der Waals surface area contributed by atoms with Gasteiger partial charge in [-0.3, -0.25) is 0 Å². The number of hydrogen-bond acceptors (Lipinski definition) is 1. The van der Waals surface area contributed by atoms with E-state index in [0.717, 1.165) is 19.3 Å². The molecule has 0 spiro atoms. The standard InChI is InChI=1S/C10H18O/c1-4-10(11)6-5-9(7-10)8(2)3/h4,8-9,11H,1,5-7H2,2-3H3. The largest absolute Gasteiger partial charge is 0.386 e. The second-order valence-electron chi connectivity index (χ2n) is 4.05. The summed E-state index contributed by atoms with van der Waals surface area (Å²) in [6, 6.07) is 0. The molecular formula is C10H18O. The van der Waals surface area contributed by atoms with E-state index in [1.165, 1.54) is 0 Å². The molecule has 0 heterocycles. The smallest absolute Gasteiger partial charge is 0.0827 e. The first-order valence-corrected chi connectivity index (χ1v) is 4.43. The molecule has 2 unspecified atom stereocenters. The first-order valence-electron chi connectivity index (χ1n) is 4.43. The summed E-state index contributed by atoms with van der Waals surface area (Å²) in [5.74, 6) is 1.39. The van der Waals surface area contributed by atoms with E-state index in [1.807, 2.05) is 0 Å². The Kier molecular flexibility index (Phi) is 2.38. The van der Waals surface area contributed by atoms with Crippen molar-refractivity contribution in [2.24, 2.45) is 11.8 Å². The summed E-state index contributed by atoms with van der Waals surface area (Å²) in [7, 11) is 0. The van der Waals surface area contributed by atoms with E-state index in [-0.39, 0.29) is 0 Å². The van der Waals surface area contributed by atoms with E-state index in [9.17, 15) is 5.11 Å². The Hall–Kier alpha value is -0.300. The minimum atomic E-state index is -0.547. The van der Waals surface area contributed by atoms with Gasteiger partial charge < -0.3 is 5.11 Å². The summed E-state index contributed by atoms with van der Waals surface area (Å²) in [6.45, 7) is 8.10. The van der Waals surface area contributed by atoms with Crippen LogP contribution >= 0.6 is 0 Å². The molecule has 1 heteroatoms. The number of hydrogen-bond donors (Lipinski definition) is 1. The molecule has 1 N–H and O–H groups in total. The molecule has 0 aliphatic heterocycles. The van der Waals surface area contributed by atoms with Crippen molar-refractivity contribution in [2.75, 3.05) is 0 Å². The Morgan fingerprint density at radius 1 is 1.64 bits per heavy atom. The van der Waals surface area contributed by atoms with Crippen molar-refractivity contribution in [2.45, 2.75) is 38.7 Å². The molecule has 0 aromatic heterocycles. The van der Waals surface area contributed by atoms with Gasteiger partial charge in [0.15, 0.2) is 0 Å². The molecule has 1 nitrogen and oxygen atoms in total. The van der Waals surface area contributed by atoms with Crippen LogP contribution in [0.3, 0.4) is 0 Å². The van der Waals surface area contributed by atoms with Gasteiger partial charge in [0.25, 0.3) is 0 Å². The summed E-state index contributed by atoms with van der Waals surface area (Å²) >= 11 is 0. The molecule has 0 aromatic carbocycles. The van der Waals surface area contributed by atoms with E-state index < -0.39 is 5.60 Å². The highest BCUT2D eigenvalue weighted by Gasteiger charge is 2.35. The first-order chi connectivity index (χ1) is 5.07. The maximum atomic E-state index is 9.80. The fraction of sp³-hybridized carbons (Fsp3) is 0.800. The molecular weight excluding hydrogens is 136 g/mol. The third kappa shape index (κ3) is 1.84. The Bertz CT molecular complexity index is 151. The highest BCUT2D eigenvalue weighted by Crippen LogP contribution is 2.38. The van der Waals surface area contributed by atoms with Crippen molar-refractivity contribution in [3.8, 4) is 0 Å². The zero-order valence-corrected chi connectivity index (χ0v) is 7.51. The fourth-order valence-electron chi connectivity index (χ4n) is 1.85. The van der Waals surface area contributed by atoms with Crippen molar-refractivity contribution < 1.29 is 5.11 Å². The van der Waals surface area contributed by atoms with Crippen LogP contribution in [0.25, 0.3) is 0 Å². The van der Waals surface area contributed by atoms with Gasteiger partial charge in [0, 0.05) is 0 Å². The first kappa shape index (κ1) is 8.79. The fourth-order valence-corrected chi connectivity index (χ4v) is 1.85. The van der Waals surface area contributed by atoms with E-state index >= 15 is 0 Å². The number of aliphatic hydroxyl groups is 1. The average molecular weight is 154 g/mol. The molecule has 0 amide bonds. The van der Waals surface area contributed by atoms with Gasteiger partial charge in [-0.05, 0) is 31.1 Å². The van der Waals surface area contributed by atoms with Crippen LogP contribution in [0, 0.1) is 11.8 Å². The lowest BCUT2D eigenvalue weighted by molar-refractivity contribution is 0.0918. The van der Waals surface area contributed by atoms with Crippen LogP contribution in [0.5, 0.6) is 0 Å². The van der Waals surface area contributed by atoms with Gasteiger partial charge in [0.2, 0.25) is 0 Å². The lowest BCUT2D eigenvalue weighted by Crippen LogP contribution is -2.21. The zero-order chi connectivity index (χ0) is 8.48. The topological polar surface area (TPSA) is 20.2 Å². The lowest BCUT2D eigenvalue weighted by Gasteiger charge is -2.18. The van der Waals surface area contributed by atoms with Crippen molar-refractivity contribution in [1.29, 1.82) is 0 Å². The van der Waals surface area contributed by atoms with E-state index in [2.05, 4.69) is 20.4 Å². The van der Waals surface area contributed by atoms with Crippen molar-refractivity contribution in [1.82, 2.24) is 0 Å². The van der Waals surface area contributed by atoms with Crippen LogP contribution in [0.2, 0.25) is 0 Å². The zero-order valence-electron chi connectivity index (χ0n) is 7.51. The van der Waals surface area contributed by atoms with Gasteiger partial charge >= 0.3 is 0 Å². The quantitative estimate of drug-likeness (QED) is 0.605. The SMILES string of the molecule is C=CC1(O)CCC(C(C)C)C1. The predicted octanol–water partition coefficient (Wildman–Crippen LogP) is 2.36. The summed E-state index contributed by atoms with van der Waals surface area (Å²) in [5.41, 5.74) is -0.547. The normalized spacial score (nSPS) is 38.0. The number of rotatable bonds is 2. The van der Waals surface area contributed by atoms with Crippen molar-refractivity contribution in [3.05, 3.63) is 12.7 Å². The summed E-state index contributed by atoms with van der Waals surface area (Å²) < 4.78 is 0. The summed E-state index contributed by atoms with van der Waals surface area (Å²) in [5, 5.41) is 9.80. The van der Waals surface area contributed by atoms with E-state index in [4.69, 9.17) is 0 Å². The summed E-state index contributed by atoms with van der Waals surface area (Å²) in [6.07, 6.45) is 4.67. The molecule has 1 aliphatic carbocycles. The lowest BCUT2D eigenvalue weighted by atomic mass is 9.92. The minimum Gasteiger partial charge on any atom is -0.386 e. The maximum absolute atomic E-state index is 9.80. The van der Waals surface area contributed by atoms with Gasteiger partial charge in [-0.25, -0.2) is 0 Å². The van der Waals surface area contributed by atoms with Gasteiger partial charge in [-0.15, -0.1) is 6.58 Å². The van der Waals surface area contributed by atoms with Gasteiger partial charge in [0.1, 0.15) is 0 Å². The van der Waals surface area contributed by atoms with Crippen LogP contribution in [0.4, 0.5) is 0 Å². The average Bonchev–Trinajstić information content (AvgIpc) is 2.33. The molecule has 0 bridgehead atoms. The highest BCUT2D eigenvalue weighted by molar-refractivity contribution is 5.01. The second-order valence-corrected chi connectivity index (χ2v) is 4.05. The predicted molar refractivity (Wildman–Crippen MR) is 47.3 cm³/mol. The summed E-state index contributed by atoms with van der Waals surface area (Å²) in [4.78, 5) is 0. The maximum Gasteiger partial charge on any atom is 0.0827 e. The van der Waals surface area contributed by atoms with Gasteiger partial charge in [0.05, 0.1) is 5.60 Å². The Morgan fingerprint density at radius 3 is 2.55 bits per heavy atom. The van der Waals surface area contributed by atoms with Crippen molar-refractivity contribution >= 4 is 0 Å². The van der Waals surface area contributed by atoms with Crippen LogP contribution < -0.4 is 0 Å². The van der Waals surface area contributed by atoms with Gasteiger partial charge in [-0.2, -0.15) is 0 Å². The molecule has 2 atom stereocenters. The molecule has 1 fully saturated rings. The van der Waals surface area contributed by atoms with Crippen LogP contribution in [-0.4, -0.2) is 10.7 Å². The molecule has 0 aromatic rings. The van der Waals surface area contributed by atoms with Crippen LogP contribution in [-0.2, 0) is 0 Å². The molecule has 11 heavy (non-hydrogen) atoms. The molecule has 64 valence electrons. The third-order valence-corrected chi connectivity index (χ3v) is 2.89. The molecule has 0 saturated heterocycles. The van der Waals surface area contributed by atoms with E-state index in [0.29, 0.717) is 11.8 Å². The van der Waals surface area contributed by atoms with Crippen LogP contribution in [0.15, 0.2) is 12.7 Å². The Labute approximate surface area is 69.1 Å². The van der Waals surface area contributed by atoms with E-state index in [1.54, 1.807) is 6.08 Å². The Balaban J connectivity index is 2.52. The highest BCUT2D eigenvalue weighted by atomic mass is 16.3.